The fourth-order valence-corrected chi connectivity index (χ4v) is 3.97. The lowest BCUT2D eigenvalue weighted by Crippen LogP contribution is -2.33. The monoisotopic (exact) mass is 466 g/mol. The third kappa shape index (κ3) is 5.37. The minimum Gasteiger partial charge on any atom is -0.491 e. The van der Waals surface area contributed by atoms with E-state index >= 15 is 0 Å². The molecular formula is C28H26N4O3. The van der Waals surface area contributed by atoms with E-state index in [9.17, 15) is 5.11 Å². The Bertz CT molecular complexity index is 1400. The quantitative estimate of drug-likeness (QED) is 0.314. The fourth-order valence-electron chi connectivity index (χ4n) is 3.97. The van der Waals surface area contributed by atoms with Gasteiger partial charge in [-0.1, -0.05) is 53.7 Å². The van der Waals surface area contributed by atoms with Crippen molar-refractivity contribution in [2.24, 2.45) is 0 Å². The van der Waals surface area contributed by atoms with E-state index in [1.165, 1.54) is 16.3 Å². The summed E-state index contributed by atoms with van der Waals surface area (Å²) < 4.78 is 11.3. The van der Waals surface area contributed by atoms with Crippen molar-refractivity contribution in [3.63, 3.8) is 0 Å². The van der Waals surface area contributed by atoms with Crippen molar-refractivity contribution < 1.29 is 14.4 Å². The highest BCUT2D eigenvalue weighted by atomic mass is 16.5. The van der Waals surface area contributed by atoms with E-state index in [-0.39, 0.29) is 12.6 Å². The smallest absolute Gasteiger partial charge is 0.258 e. The van der Waals surface area contributed by atoms with Gasteiger partial charge in [0, 0.05) is 36.1 Å². The van der Waals surface area contributed by atoms with E-state index in [1.54, 1.807) is 12.4 Å². The number of rotatable bonds is 9. The maximum atomic E-state index is 10.5. The van der Waals surface area contributed by atoms with Crippen LogP contribution in [0.4, 0.5) is 0 Å². The summed E-state index contributed by atoms with van der Waals surface area (Å²) in [5.41, 5.74) is 2.72. The number of nitrogens with one attached hydrogen (secondary N) is 1. The van der Waals surface area contributed by atoms with Gasteiger partial charge in [0.2, 0.25) is 5.82 Å². The number of pyridine rings is 1. The molecule has 0 saturated carbocycles. The minimum absolute atomic E-state index is 0.0885. The Labute approximate surface area is 203 Å². The SMILES string of the molecule is CC(NCC(O)COc1cccc(-c2nc(-c3cccnc3)no2)c1)c1cccc2ccccc12. The van der Waals surface area contributed by atoms with Gasteiger partial charge in [-0.25, -0.2) is 0 Å². The van der Waals surface area contributed by atoms with Crippen molar-refractivity contribution in [3.8, 4) is 28.6 Å². The number of nitrogens with zero attached hydrogens (tertiary/aromatic N) is 3. The molecule has 2 unspecified atom stereocenters. The Hall–Kier alpha value is -4.07. The van der Waals surface area contributed by atoms with Crippen molar-refractivity contribution in [1.82, 2.24) is 20.4 Å². The number of ether oxygens (including phenoxy) is 1. The third-order valence-electron chi connectivity index (χ3n) is 5.82. The van der Waals surface area contributed by atoms with E-state index in [1.807, 2.05) is 48.5 Å². The van der Waals surface area contributed by atoms with Crippen LogP contribution in [0.25, 0.3) is 33.6 Å². The standard InChI is InChI=1S/C28H26N4O3/c1-19(25-13-5-8-20-7-2-3-12-26(20)25)30-17-23(33)18-34-24-11-4-9-21(15-24)28-31-27(32-35-28)22-10-6-14-29-16-22/h2-16,19,23,30,33H,17-18H2,1H3. The van der Waals surface area contributed by atoms with Crippen LogP contribution in [0, 0.1) is 0 Å². The fraction of sp³-hybridized carbons (Fsp3) is 0.179. The van der Waals surface area contributed by atoms with Crippen LogP contribution in [-0.4, -0.2) is 39.5 Å². The molecule has 0 aliphatic heterocycles. The Balaban J connectivity index is 1.17. The maximum absolute atomic E-state index is 10.5. The van der Waals surface area contributed by atoms with E-state index in [4.69, 9.17) is 9.26 Å². The maximum Gasteiger partial charge on any atom is 0.258 e. The van der Waals surface area contributed by atoms with Crippen LogP contribution in [0.5, 0.6) is 5.75 Å². The molecule has 0 fully saturated rings. The van der Waals surface area contributed by atoms with Gasteiger partial charge in [0.25, 0.3) is 5.89 Å². The normalized spacial score (nSPS) is 13.0. The molecule has 0 bridgehead atoms. The molecule has 0 amide bonds. The predicted octanol–water partition coefficient (Wildman–Crippen LogP) is 5.04. The van der Waals surface area contributed by atoms with E-state index in [2.05, 4.69) is 57.7 Å². The highest BCUT2D eigenvalue weighted by molar-refractivity contribution is 5.86. The second-order valence-corrected chi connectivity index (χ2v) is 8.36. The van der Waals surface area contributed by atoms with Crippen LogP contribution >= 0.6 is 0 Å². The molecule has 7 nitrogen and oxygen atoms in total. The first kappa shape index (κ1) is 22.7. The van der Waals surface area contributed by atoms with Crippen LogP contribution in [-0.2, 0) is 0 Å². The molecule has 176 valence electrons. The molecule has 3 aromatic carbocycles. The van der Waals surface area contributed by atoms with Crippen LogP contribution in [0.3, 0.4) is 0 Å². The van der Waals surface area contributed by atoms with E-state index < -0.39 is 6.10 Å². The lowest BCUT2D eigenvalue weighted by Gasteiger charge is -2.19. The average molecular weight is 467 g/mol. The zero-order valence-corrected chi connectivity index (χ0v) is 19.3. The molecule has 0 aliphatic rings. The summed E-state index contributed by atoms with van der Waals surface area (Å²) >= 11 is 0. The topological polar surface area (TPSA) is 93.3 Å². The third-order valence-corrected chi connectivity index (χ3v) is 5.82. The molecule has 2 heterocycles. The zero-order valence-electron chi connectivity index (χ0n) is 19.3. The van der Waals surface area contributed by atoms with Gasteiger partial charge in [-0.2, -0.15) is 4.98 Å². The number of aliphatic hydroxyl groups excluding tert-OH is 1. The first-order chi connectivity index (χ1) is 17.2. The van der Waals surface area contributed by atoms with Crippen LogP contribution in [0.1, 0.15) is 18.5 Å². The van der Waals surface area contributed by atoms with Crippen LogP contribution < -0.4 is 10.1 Å². The van der Waals surface area contributed by atoms with Gasteiger partial charge in [-0.05, 0) is 53.6 Å². The highest BCUT2D eigenvalue weighted by Crippen LogP contribution is 2.26. The molecule has 0 radical (unpaired) electrons. The molecule has 2 N–H and O–H groups in total. The van der Waals surface area contributed by atoms with Gasteiger partial charge >= 0.3 is 0 Å². The molecule has 2 atom stereocenters. The summed E-state index contributed by atoms with van der Waals surface area (Å²) in [7, 11) is 0. The lowest BCUT2D eigenvalue weighted by atomic mass is 9.99. The van der Waals surface area contributed by atoms with Crippen LogP contribution in [0.15, 0.2) is 95.8 Å². The Kier molecular flexibility index (Phi) is 6.79. The molecule has 5 aromatic rings. The molecule has 35 heavy (non-hydrogen) atoms. The highest BCUT2D eigenvalue weighted by Gasteiger charge is 2.14. The zero-order chi connectivity index (χ0) is 24.0. The van der Waals surface area contributed by atoms with Crippen molar-refractivity contribution in [2.75, 3.05) is 13.2 Å². The van der Waals surface area contributed by atoms with E-state index in [0.717, 1.165) is 11.1 Å². The van der Waals surface area contributed by atoms with Crippen molar-refractivity contribution in [2.45, 2.75) is 19.1 Å². The first-order valence-corrected chi connectivity index (χ1v) is 11.5. The predicted molar refractivity (Wildman–Crippen MR) is 135 cm³/mol. The van der Waals surface area contributed by atoms with Gasteiger partial charge in [0.15, 0.2) is 0 Å². The minimum atomic E-state index is -0.670. The number of fused-ring (bicyclic) bond motifs is 1. The molecule has 2 aromatic heterocycles. The summed E-state index contributed by atoms with van der Waals surface area (Å²) in [5, 5.41) is 20.4. The summed E-state index contributed by atoms with van der Waals surface area (Å²) in [5.74, 6) is 1.48. The molecule has 0 aliphatic carbocycles. The van der Waals surface area contributed by atoms with Gasteiger partial charge < -0.3 is 19.7 Å². The summed E-state index contributed by atoms with van der Waals surface area (Å²) in [6.07, 6.45) is 2.71. The second kappa shape index (κ2) is 10.5. The number of hydrogen-bond acceptors (Lipinski definition) is 7. The summed E-state index contributed by atoms with van der Waals surface area (Å²) in [6.45, 7) is 2.66. The lowest BCUT2D eigenvalue weighted by molar-refractivity contribution is 0.104. The Morgan fingerprint density at radius 1 is 0.971 bits per heavy atom. The number of hydrogen-bond donors (Lipinski definition) is 2. The number of aliphatic hydroxyl groups is 1. The van der Waals surface area contributed by atoms with E-state index in [0.29, 0.717) is 24.0 Å². The van der Waals surface area contributed by atoms with Crippen molar-refractivity contribution in [1.29, 1.82) is 0 Å². The van der Waals surface area contributed by atoms with Gasteiger partial charge in [-0.3, -0.25) is 4.98 Å². The van der Waals surface area contributed by atoms with Gasteiger partial charge in [-0.15, -0.1) is 0 Å². The summed E-state index contributed by atoms with van der Waals surface area (Å²) in [6, 6.07) is 25.8. The van der Waals surface area contributed by atoms with Gasteiger partial charge in [0.1, 0.15) is 18.5 Å². The second-order valence-electron chi connectivity index (χ2n) is 8.36. The molecule has 0 spiro atoms. The average Bonchev–Trinajstić information content (AvgIpc) is 3.41. The number of aromatic nitrogens is 3. The molecule has 7 heteroatoms. The largest absolute Gasteiger partial charge is 0.491 e. The van der Waals surface area contributed by atoms with Crippen molar-refractivity contribution in [3.05, 3.63) is 96.8 Å². The first-order valence-electron chi connectivity index (χ1n) is 11.5. The van der Waals surface area contributed by atoms with Gasteiger partial charge in [0.05, 0.1) is 0 Å². The van der Waals surface area contributed by atoms with Crippen molar-refractivity contribution >= 4 is 10.8 Å². The molecule has 0 saturated heterocycles. The molecule has 5 rings (SSSR count). The Morgan fingerprint density at radius 2 is 1.80 bits per heavy atom. The number of benzene rings is 3. The molecular weight excluding hydrogens is 440 g/mol. The Morgan fingerprint density at radius 3 is 2.69 bits per heavy atom. The summed E-state index contributed by atoms with van der Waals surface area (Å²) in [4.78, 5) is 8.54. The van der Waals surface area contributed by atoms with Crippen LogP contribution in [0.2, 0.25) is 0 Å².